The zero-order chi connectivity index (χ0) is 11.5. The average molecular weight is 297 g/mol. The van der Waals surface area contributed by atoms with Crippen molar-refractivity contribution in [3.05, 3.63) is 44.2 Å². The molecule has 0 fully saturated rings. The lowest BCUT2D eigenvalue weighted by atomic mass is 10.3. The summed E-state index contributed by atoms with van der Waals surface area (Å²) in [4.78, 5) is 7.00. The summed E-state index contributed by atoms with van der Waals surface area (Å²) in [6.07, 6.45) is 1.79. The van der Waals surface area contributed by atoms with Crippen LogP contribution in [0, 0.1) is 13.8 Å². The number of halogens is 1. The lowest BCUT2D eigenvalue weighted by Gasteiger charge is -2.05. The molecule has 0 amide bonds. The molecule has 0 aliphatic rings. The van der Waals surface area contributed by atoms with E-state index in [0.717, 1.165) is 16.8 Å². The highest BCUT2D eigenvalue weighted by Gasteiger charge is 2.03. The molecule has 0 spiro atoms. The van der Waals surface area contributed by atoms with E-state index in [4.69, 9.17) is 0 Å². The highest BCUT2D eigenvalue weighted by molar-refractivity contribution is 9.10. The number of pyridine rings is 1. The lowest BCUT2D eigenvalue weighted by molar-refractivity contribution is 1.13. The van der Waals surface area contributed by atoms with E-state index < -0.39 is 0 Å². The maximum Gasteiger partial charge on any atom is 0.140 e. The standard InChI is InChI=1S/C12H13BrN2S/c1-8-6-10(16-9(8)2)7-15-12-11(13)4-3-5-14-12/h3-6H,7H2,1-2H3,(H,14,15). The van der Waals surface area contributed by atoms with Crippen LogP contribution in [-0.4, -0.2) is 4.98 Å². The van der Waals surface area contributed by atoms with Crippen molar-refractivity contribution in [3.8, 4) is 0 Å². The van der Waals surface area contributed by atoms with Gasteiger partial charge in [0, 0.05) is 16.0 Å². The molecule has 2 heterocycles. The Morgan fingerprint density at radius 2 is 2.25 bits per heavy atom. The molecule has 0 saturated carbocycles. The Kier molecular flexibility index (Phi) is 3.61. The fraction of sp³-hybridized carbons (Fsp3) is 0.250. The van der Waals surface area contributed by atoms with E-state index in [1.54, 1.807) is 6.20 Å². The largest absolute Gasteiger partial charge is 0.364 e. The zero-order valence-corrected chi connectivity index (χ0v) is 11.7. The Bertz CT molecular complexity index is 474. The fourth-order valence-electron chi connectivity index (χ4n) is 1.42. The second-order valence-electron chi connectivity index (χ2n) is 3.64. The molecule has 0 aliphatic carbocycles. The number of nitrogens with zero attached hydrogens (tertiary/aromatic N) is 1. The molecule has 0 saturated heterocycles. The van der Waals surface area contributed by atoms with Crippen LogP contribution in [0.15, 0.2) is 28.9 Å². The number of hydrogen-bond acceptors (Lipinski definition) is 3. The number of hydrogen-bond donors (Lipinski definition) is 1. The highest BCUT2D eigenvalue weighted by Crippen LogP contribution is 2.23. The monoisotopic (exact) mass is 296 g/mol. The summed E-state index contributed by atoms with van der Waals surface area (Å²) in [6.45, 7) is 5.13. The topological polar surface area (TPSA) is 24.9 Å². The third-order valence-electron chi connectivity index (χ3n) is 2.41. The molecular weight excluding hydrogens is 284 g/mol. The number of rotatable bonds is 3. The van der Waals surface area contributed by atoms with Crippen molar-refractivity contribution in [2.45, 2.75) is 20.4 Å². The number of thiophene rings is 1. The molecule has 1 N–H and O–H groups in total. The maximum absolute atomic E-state index is 4.27. The Labute approximate surface area is 108 Å². The van der Waals surface area contributed by atoms with Gasteiger partial charge >= 0.3 is 0 Å². The van der Waals surface area contributed by atoms with Gasteiger partial charge in [-0.1, -0.05) is 0 Å². The van der Waals surface area contributed by atoms with E-state index in [9.17, 15) is 0 Å². The molecule has 84 valence electrons. The van der Waals surface area contributed by atoms with Gasteiger partial charge in [0.25, 0.3) is 0 Å². The number of aromatic nitrogens is 1. The molecular formula is C12H13BrN2S. The van der Waals surface area contributed by atoms with Crippen LogP contribution in [0.2, 0.25) is 0 Å². The van der Waals surface area contributed by atoms with Crippen LogP contribution in [0.5, 0.6) is 0 Å². The van der Waals surface area contributed by atoms with Crippen LogP contribution in [0.1, 0.15) is 15.3 Å². The molecule has 2 nitrogen and oxygen atoms in total. The van der Waals surface area contributed by atoms with Crippen molar-refractivity contribution in [1.82, 2.24) is 4.98 Å². The van der Waals surface area contributed by atoms with Crippen LogP contribution in [0.4, 0.5) is 5.82 Å². The molecule has 16 heavy (non-hydrogen) atoms. The minimum absolute atomic E-state index is 0.828. The summed E-state index contributed by atoms with van der Waals surface area (Å²) in [5.74, 6) is 0.895. The molecule has 0 radical (unpaired) electrons. The first-order chi connectivity index (χ1) is 7.66. The first-order valence-electron chi connectivity index (χ1n) is 5.07. The van der Waals surface area contributed by atoms with E-state index in [-0.39, 0.29) is 0 Å². The molecule has 0 bridgehead atoms. The van der Waals surface area contributed by atoms with Crippen LogP contribution in [-0.2, 0) is 6.54 Å². The third kappa shape index (κ3) is 2.62. The predicted octanol–water partition coefficient (Wildman–Crippen LogP) is 4.13. The molecule has 2 aromatic rings. The summed E-state index contributed by atoms with van der Waals surface area (Å²) >= 11 is 5.30. The Hall–Kier alpha value is -0.870. The summed E-state index contributed by atoms with van der Waals surface area (Å²) < 4.78 is 1.00. The minimum atomic E-state index is 0.828. The quantitative estimate of drug-likeness (QED) is 0.921. The minimum Gasteiger partial charge on any atom is -0.364 e. The smallest absolute Gasteiger partial charge is 0.140 e. The van der Waals surface area contributed by atoms with Gasteiger partial charge < -0.3 is 5.32 Å². The van der Waals surface area contributed by atoms with Gasteiger partial charge in [0.05, 0.1) is 11.0 Å². The molecule has 0 aromatic carbocycles. The van der Waals surface area contributed by atoms with Crippen molar-refractivity contribution in [3.63, 3.8) is 0 Å². The molecule has 4 heteroatoms. The van der Waals surface area contributed by atoms with Crippen molar-refractivity contribution in [2.75, 3.05) is 5.32 Å². The second kappa shape index (κ2) is 4.97. The van der Waals surface area contributed by atoms with E-state index in [2.05, 4.69) is 46.1 Å². The van der Waals surface area contributed by atoms with Crippen LogP contribution in [0.25, 0.3) is 0 Å². The van der Waals surface area contributed by atoms with Gasteiger partial charge in [-0.25, -0.2) is 4.98 Å². The van der Waals surface area contributed by atoms with Crippen LogP contribution < -0.4 is 5.32 Å². The first-order valence-corrected chi connectivity index (χ1v) is 6.68. The van der Waals surface area contributed by atoms with Crippen LogP contribution >= 0.6 is 27.3 Å². The van der Waals surface area contributed by atoms with E-state index >= 15 is 0 Å². The molecule has 2 rings (SSSR count). The molecule has 0 atom stereocenters. The number of aryl methyl sites for hydroxylation is 2. The van der Waals surface area contributed by atoms with Gasteiger partial charge in [0.1, 0.15) is 5.82 Å². The van der Waals surface area contributed by atoms with Crippen LogP contribution in [0.3, 0.4) is 0 Å². The average Bonchev–Trinajstić information content (AvgIpc) is 2.57. The molecule has 2 aromatic heterocycles. The lowest BCUT2D eigenvalue weighted by Crippen LogP contribution is -1.99. The van der Waals surface area contributed by atoms with E-state index in [1.165, 1.54) is 15.3 Å². The van der Waals surface area contributed by atoms with Gasteiger partial charge in [0.2, 0.25) is 0 Å². The normalized spacial score (nSPS) is 10.4. The summed E-state index contributed by atoms with van der Waals surface area (Å²) in [6, 6.07) is 6.12. The van der Waals surface area contributed by atoms with Gasteiger partial charge in [0.15, 0.2) is 0 Å². The number of anilines is 1. The predicted molar refractivity (Wildman–Crippen MR) is 73.1 cm³/mol. The van der Waals surface area contributed by atoms with Crippen molar-refractivity contribution >= 4 is 33.1 Å². The van der Waals surface area contributed by atoms with Gasteiger partial charge in [-0.3, -0.25) is 0 Å². The van der Waals surface area contributed by atoms with Crippen molar-refractivity contribution in [1.29, 1.82) is 0 Å². The van der Waals surface area contributed by atoms with Gasteiger partial charge in [-0.15, -0.1) is 11.3 Å². The van der Waals surface area contributed by atoms with Crippen molar-refractivity contribution < 1.29 is 0 Å². The fourth-order valence-corrected chi connectivity index (χ4v) is 2.81. The SMILES string of the molecule is Cc1cc(CNc2ncccc2Br)sc1C. The van der Waals surface area contributed by atoms with Gasteiger partial charge in [-0.05, 0) is 53.5 Å². The number of nitrogens with one attached hydrogen (secondary N) is 1. The van der Waals surface area contributed by atoms with E-state index in [0.29, 0.717) is 0 Å². The summed E-state index contributed by atoms with van der Waals surface area (Å²) in [7, 11) is 0. The molecule has 0 aliphatic heterocycles. The van der Waals surface area contributed by atoms with Gasteiger partial charge in [-0.2, -0.15) is 0 Å². The second-order valence-corrected chi connectivity index (χ2v) is 5.83. The maximum atomic E-state index is 4.27. The highest BCUT2D eigenvalue weighted by atomic mass is 79.9. The Morgan fingerprint density at radius 1 is 1.44 bits per heavy atom. The van der Waals surface area contributed by atoms with E-state index in [1.807, 2.05) is 23.5 Å². The summed E-state index contributed by atoms with van der Waals surface area (Å²) in [5, 5.41) is 3.32. The summed E-state index contributed by atoms with van der Waals surface area (Å²) in [5.41, 5.74) is 1.36. The zero-order valence-electron chi connectivity index (χ0n) is 9.25. The van der Waals surface area contributed by atoms with Crippen molar-refractivity contribution in [2.24, 2.45) is 0 Å². The first kappa shape index (κ1) is 11.6. The third-order valence-corrected chi connectivity index (χ3v) is 4.20. The Balaban J connectivity index is 2.05. The Morgan fingerprint density at radius 3 is 2.88 bits per heavy atom. The molecule has 0 unspecified atom stereocenters.